The monoisotopic (exact) mass is 399 g/mol. The van der Waals surface area contributed by atoms with Crippen molar-refractivity contribution in [3.05, 3.63) is 42.5 Å². The summed E-state index contributed by atoms with van der Waals surface area (Å²) < 4.78 is 58.7. The lowest BCUT2D eigenvalue weighted by Crippen LogP contribution is -2.47. The number of aromatic nitrogens is 1. The molecule has 3 rings (SSSR count). The minimum Gasteiger partial charge on any atom is -0.363 e. The normalized spacial score (nSPS) is 18.1. The highest BCUT2D eigenvalue weighted by Gasteiger charge is 2.48. The van der Waals surface area contributed by atoms with Crippen LogP contribution in [0.2, 0.25) is 0 Å². The third-order valence-electron chi connectivity index (χ3n) is 4.83. The number of piperidine rings is 1. The highest BCUT2D eigenvalue weighted by molar-refractivity contribution is 7.92. The van der Waals surface area contributed by atoms with Crippen LogP contribution >= 0.6 is 0 Å². The average Bonchev–Trinajstić information content (AvgIpc) is 3.14. The third kappa shape index (κ3) is 3.80. The van der Waals surface area contributed by atoms with Crippen LogP contribution in [0.3, 0.4) is 0 Å². The van der Waals surface area contributed by atoms with Gasteiger partial charge in [-0.15, -0.1) is 0 Å². The van der Waals surface area contributed by atoms with Crippen molar-refractivity contribution in [2.75, 3.05) is 18.4 Å². The van der Waals surface area contributed by atoms with Crippen LogP contribution in [0.15, 0.2) is 46.1 Å². The summed E-state index contributed by atoms with van der Waals surface area (Å²) in [6.45, 7) is 1.39. The molecule has 2 heterocycles. The minimum atomic E-state index is -4.39. The Bertz CT molecular complexity index is 908. The van der Waals surface area contributed by atoms with Crippen LogP contribution in [-0.2, 0) is 9.84 Å². The number of likely N-dealkylation sites (tertiary alicyclic amines) is 1. The zero-order chi connectivity index (χ0) is 19.7. The van der Waals surface area contributed by atoms with Gasteiger partial charge in [0.2, 0.25) is 14.8 Å². The molecule has 0 aliphatic carbocycles. The van der Waals surface area contributed by atoms with Gasteiger partial charge in [0.25, 0.3) is 0 Å². The summed E-state index contributed by atoms with van der Waals surface area (Å²) in [7, 11) is -4.39. The van der Waals surface area contributed by atoms with Crippen LogP contribution in [0, 0.1) is 11.7 Å². The number of halogens is 2. The minimum absolute atomic E-state index is 0.165. The number of sulfone groups is 1. The first-order chi connectivity index (χ1) is 12.7. The zero-order valence-corrected chi connectivity index (χ0v) is 15.4. The Morgan fingerprint density at radius 2 is 2.07 bits per heavy atom. The molecule has 146 valence electrons. The second-order valence-corrected chi connectivity index (χ2v) is 8.83. The lowest BCUT2D eigenvalue weighted by atomic mass is 9.92. The van der Waals surface area contributed by atoms with E-state index in [0.29, 0.717) is 5.69 Å². The van der Waals surface area contributed by atoms with Crippen LogP contribution in [-0.4, -0.2) is 42.6 Å². The molecule has 10 heteroatoms. The first-order valence-corrected chi connectivity index (χ1v) is 9.84. The number of nitrogens with zero attached hydrogens (tertiary/aromatic N) is 2. The lowest BCUT2D eigenvalue weighted by Gasteiger charge is -2.37. The number of hydrogen-bond donors (Lipinski definition) is 1. The molecule has 0 radical (unpaired) electrons. The summed E-state index contributed by atoms with van der Waals surface area (Å²) in [4.78, 5) is 13.2. The first kappa shape index (κ1) is 19.3. The van der Waals surface area contributed by atoms with Gasteiger partial charge in [0, 0.05) is 19.0 Å². The quantitative estimate of drug-likeness (QED) is 0.852. The second kappa shape index (κ2) is 7.26. The molecule has 27 heavy (non-hydrogen) atoms. The molecule has 1 atom stereocenters. The molecule has 1 aliphatic heterocycles. The Kier molecular flexibility index (Phi) is 5.18. The molecule has 2 aromatic rings. The molecule has 0 spiro atoms. The SMILES string of the molecule is CC(F)(C1CCN(C(=O)Nc2cnoc2)CC1)S(=O)(=O)c1cccc(F)c1. The molecule has 0 saturated carbocycles. The molecule has 1 saturated heterocycles. The maximum absolute atomic E-state index is 15.4. The predicted octanol–water partition coefficient (Wildman–Crippen LogP) is 3.22. The Morgan fingerprint density at radius 3 is 2.67 bits per heavy atom. The van der Waals surface area contributed by atoms with E-state index in [1.165, 1.54) is 29.5 Å². The number of anilines is 1. The maximum atomic E-state index is 15.4. The van der Waals surface area contributed by atoms with Crippen molar-refractivity contribution in [3.63, 3.8) is 0 Å². The average molecular weight is 399 g/mol. The van der Waals surface area contributed by atoms with E-state index in [4.69, 9.17) is 0 Å². The van der Waals surface area contributed by atoms with Crippen LogP contribution in [0.4, 0.5) is 19.3 Å². The Hall–Kier alpha value is -2.49. The number of alkyl halides is 1. The van der Waals surface area contributed by atoms with Gasteiger partial charge in [0.15, 0.2) is 0 Å². The van der Waals surface area contributed by atoms with E-state index < -0.39 is 32.6 Å². The predicted molar refractivity (Wildman–Crippen MR) is 92.9 cm³/mol. The lowest BCUT2D eigenvalue weighted by molar-refractivity contribution is 0.117. The summed E-state index contributed by atoms with van der Waals surface area (Å²) in [5.74, 6) is -1.56. The van der Waals surface area contributed by atoms with Crippen molar-refractivity contribution >= 4 is 21.6 Å². The molecular formula is C17H19F2N3O4S. The highest BCUT2D eigenvalue weighted by Crippen LogP contribution is 2.39. The molecular weight excluding hydrogens is 380 g/mol. The molecule has 1 fully saturated rings. The largest absolute Gasteiger partial charge is 0.363 e. The van der Waals surface area contributed by atoms with Gasteiger partial charge in [0.05, 0.1) is 11.1 Å². The van der Waals surface area contributed by atoms with Gasteiger partial charge in [-0.05, 0) is 38.0 Å². The number of urea groups is 1. The van der Waals surface area contributed by atoms with E-state index in [1.807, 2.05) is 0 Å². The number of rotatable bonds is 4. The van der Waals surface area contributed by atoms with Crippen molar-refractivity contribution in [2.24, 2.45) is 5.92 Å². The molecule has 1 aromatic heterocycles. The highest BCUT2D eigenvalue weighted by atomic mass is 32.2. The number of amides is 2. The van der Waals surface area contributed by atoms with Gasteiger partial charge in [-0.1, -0.05) is 11.2 Å². The molecule has 1 aliphatic rings. The third-order valence-corrected chi connectivity index (χ3v) is 7.09. The van der Waals surface area contributed by atoms with E-state index >= 15 is 4.39 Å². The van der Waals surface area contributed by atoms with E-state index in [9.17, 15) is 17.6 Å². The zero-order valence-electron chi connectivity index (χ0n) is 14.6. The Morgan fingerprint density at radius 1 is 1.37 bits per heavy atom. The summed E-state index contributed by atoms with van der Waals surface area (Å²) in [6, 6.07) is 3.93. The van der Waals surface area contributed by atoms with Crippen molar-refractivity contribution in [2.45, 2.75) is 29.7 Å². The van der Waals surface area contributed by atoms with E-state index in [0.717, 1.165) is 19.1 Å². The van der Waals surface area contributed by atoms with Crippen LogP contribution in [0.5, 0.6) is 0 Å². The fraction of sp³-hybridized carbons (Fsp3) is 0.412. The van der Waals surface area contributed by atoms with Crippen LogP contribution < -0.4 is 5.32 Å². The molecule has 2 amide bonds. The van der Waals surface area contributed by atoms with Crippen LogP contribution in [0.1, 0.15) is 19.8 Å². The van der Waals surface area contributed by atoms with E-state index in [1.54, 1.807) is 0 Å². The topological polar surface area (TPSA) is 92.5 Å². The van der Waals surface area contributed by atoms with Gasteiger partial charge >= 0.3 is 6.03 Å². The van der Waals surface area contributed by atoms with E-state index in [2.05, 4.69) is 15.0 Å². The summed E-state index contributed by atoms with van der Waals surface area (Å²) in [6.07, 6.45) is 2.95. The van der Waals surface area contributed by atoms with Crippen molar-refractivity contribution in [1.29, 1.82) is 0 Å². The van der Waals surface area contributed by atoms with Crippen molar-refractivity contribution in [1.82, 2.24) is 10.1 Å². The Labute approximate surface area is 155 Å². The molecule has 1 aromatic carbocycles. The second-order valence-electron chi connectivity index (χ2n) is 6.55. The molecule has 1 N–H and O–H groups in total. The number of carbonyl (C=O) groups excluding carboxylic acids is 1. The number of nitrogens with one attached hydrogen (secondary N) is 1. The molecule has 1 unspecified atom stereocenters. The van der Waals surface area contributed by atoms with Crippen LogP contribution in [0.25, 0.3) is 0 Å². The summed E-state index contributed by atoms with van der Waals surface area (Å²) in [5.41, 5.74) is 0.395. The summed E-state index contributed by atoms with van der Waals surface area (Å²) >= 11 is 0. The molecule has 0 bridgehead atoms. The van der Waals surface area contributed by atoms with Gasteiger partial charge in [0.1, 0.15) is 17.8 Å². The number of carbonyl (C=O) groups is 1. The van der Waals surface area contributed by atoms with Gasteiger partial charge in [-0.3, -0.25) is 0 Å². The Balaban J connectivity index is 1.68. The van der Waals surface area contributed by atoms with Gasteiger partial charge < -0.3 is 14.7 Å². The standard InChI is InChI=1S/C17H19F2N3O4S/c1-17(19,27(24,25)15-4-2-3-13(18)9-15)12-5-7-22(8-6-12)16(23)21-14-10-20-26-11-14/h2-4,9-12H,5-8H2,1H3,(H,21,23). The van der Waals surface area contributed by atoms with Gasteiger partial charge in [-0.25, -0.2) is 22.0 Å². The van der Waals surface area contributed by atoms with Crippen molar-refractivity contribution in [3.8, 4) is 0 Å². The maximum Gasteiger partial charge on any atom is 0.321 e. The number of hydrogen-bond acceptors (Lipinski definition) is 5. The summed E-state index contributed by atoms with van der Waals surface area (Å²) in [5, 5.41) is 3.49. The molecule has 7 nitrogen and oxygen atoms in total. The van der Waals surface area contributed by atoms with Gasteiger partial charge in [-0.2, -0.15) is 0 Å². The first-order valence-electron chi connectivity index (χ1n) is 8.36. The smallest absolute Gasteiger partial charge is 0.321 e. The number of benzene rings is 1. The van der Waals surface area contributed by atoms with E-state index in [-0.39, 0.29) is 30.8 Å². The fourth-order valence-electron chi connectivity index (χ4n) is 3.15. The fourth-order valence-corrected chi connectivity index (χ4v) is 4.81. The van der Waals surface area contributed by atoms with Crippen molar-refractivity contribution < 1.29 is 26.5 Å².